The molecule has 0 aliphatic rings. The molecule has 0 spiro atoms. The Kier molecular flexibility index (Phi) is 6.60. The zero-order chi connectivity index (χ0) is 14.3. The minimum atomic E-state index is 0.510. The van der Waals surface area contributed by atoms with Gasteiger partial charge in [-0.15, -0.1) is 0 Å². The van der Waals surface area contributed by atoms with Gasteiger partial charge in [0.2, 0.25) is 0 Å². The summed E-state index contributed by atoms with van der Waals surface area (Å²) in [6.07, 6.45) is 4.40. The molecule has 1 rings (SSSR count). The lowest BCUT2D eigenvalue weighted by molar-refractivity contribution is 0.588. The van der Waals surface area contributed by atoms with Crippen molar-refractivity contribution in [1.29, 1.82) is 0 Å². The van der Waals surface area contributed by atoms with Crippen molar-refractivity contribution in [2.45, 2.75) is 59.4 Å². The highest BCUT2D eigenvalue weighted by Crippen LogP contribution is 2.20. The van der Waals surface area contributed by atoms with Crippen molar-refractivity contribution in [3.8, 4) is 0 Å². The standard InChI is InChI=1S/C15H28N4/c1-6-9-10-19(12(4)7-2)15-11-14(16-5)17-13(8-3)18-15/h11-12H,6-10H2,1-5H3,(H,16,17,18). The van der Waals surface area contributed by atoms with Crippen molar-refractivity contribution < 1.29 is 0 Å². The molecule has 0 fully saturated rings. The molecular formula is C15H28N4. The topological polar surface area (TPSA) is 41.0 Å². The molecular weight excluding hydrogens is 236 g/mol. The number of nitrogens with one attached hydrogen (secondary N) is 1. The zero-order valence-corrected chi connectivity index (χ0v) is 13.0. The molecule has 1 unspecified atom stereocenters. The Hall–Kier alpha value is -1.32. The van der Waals surface area contributed by atoms with Crippen LogP contribution in [0.3, 0.4) is 0 Å². The summed E-state index contributed by atoms with van der Waals surface area (Å²) in [5.74, 6) is 2.87. The third-order valence-electron chi connectivity index (χ3n) is 3.50. The summed E-state index contributed by atoms with van der Waals surface area (Å²) in [6, 6.07) is 2.57. The first-order valence-electron chi connectivity index (χ1n) is 7.48. The average Bonchev–Trinajstić information content (AvgIpc) is 2.46. The molecule has 1 atom stereocenters. The largest absolute Gasteiger partial charge is 0.373 e. The normalized spacial score (nSPS) is 12.3. The monoisotopic (exact) mass is 264 g/mol. The van der Waals surface area contributed by atoms with Crippen LogP contribution in [0.1, 0.15) is 52.8 Å². The molecule has 108 valence electrons. The molecule has 0 amide bonds. The SMILES string of the molecule is CCCCN(c1cc(NC)nc(CC)n1)C(C)CC. The van der Waals surface area contributed by atoms with Gasteiger partial charge < -0.3 is 10.2 Å². The van der Waals surface area contributed by atoms with Crippen LogP contribution in [0.25, 0.3) is 0 Å². The van der Waals surface area contributed by atoms with E-state index in [0.29, 0.717) is 6.04 Å². The molecule has 1 aromatic rings. The van der Waals surface area contributed by atoms with E-state index in [1.54, 1.807) is 0 Å². The average molecular weight is 264 g/mol. The molecule has 0 aliphatic heterocycles. The first kappa shape index (κ1) is 15.7. The van der Waals surface area contributed by atoms with Gasteiger partial charge in [-0.05, 0) is 19.8 Å². The van der Waals surface area contributed by atoms with Crippen LogP contribution in [-0.4, -0.2) is 29.6 Å². The van der Waals surface area contributed by atoms with Crippen molar-refractivity contribution in [1.82, 2.24) is 9.97 Å². The summed E-state index contributed by atoms with van der Waals surface area (Å²) in [6.45, 7) is 9.88. The quantitative estimate of drug-likeness (QED) is 0.780. The molecule has 0 saturated heterocycles. The van der Waals surface area contributed by atoms with E-state index in [1.165, 1.54) is 12.8 Å². The second-order valence-electron chi connectivity index (χ2n) is 4.94. The minimum absolute atomic E-state index is 0.510. The lowest BCUT2D eigenvalue weighted by Crippen LogP contribution is -2.34. The maximum atomic E-state index is 4.70. The van der Waals surface area contributed by atoms with Crippen LogP contribution in [0.5, 0.6) is 0 Å². The van der Waals surface area contributed by atoms with E-state index in [9.17, 15) is 0 Å². The van der Waals surface area contributed by atoms with Crippen molar-refractivity contribution in [2.75, 3.05) is 23.8 Å². The number of rotatable bonds is 8. The Morgan fingerprint density at radius 1 is 1.26 bits per heavy atom. The molecule has 1 aromatic heterocycles. The maximum absolute atomic E-state index is 4.70. The minimum Gasteiger partial charge on any atom is -0.373 e. The van der Waals surface area contributed by atoms with Gasteiger partial charge in [-0.2, -0.15) is 0 Å². The lowest BCUT2D eigenvalue weighted by atomic mass is 10.2. The summed E-state index contributed by atoms with van der Waals surface area (Å²) in [5, 5.41) is 3.13. The van der Waals surface area contributed by atoms with Gasteiger partial charge >= 0.3 is 0 Å². The highest BCUT2D eigenvalue weighted by Gasteiger charge is 2.15. The fraction of sp³-hybridized carbons (Fsp3) is 0.733. The van der Waals surface area contributed by atoms with Crippen molar-refractivity contribution in [3.05, 3.63) is 11.9 Å². The molecule has 0 aromatic carbocycles. The van der Waals surface area contributed by atoms with Crippen LogP contribution >= 0.6 is 0 Å². The van der Waals surface area contributed by atoms with Crippen LogP contribution in [-0.2, 0) is 6.42 Å². The molecule has 0 aliphatic carbocycles. The van der Waals surface area contributed by atoms with Gasteiger partial charge in [0.1, 0.15) is 17.5 Å². The second kappa shape index (κ2) is 7.97. The van der Waals surface area contributed by atoms with E-state index in [0.717, 1.165) is 36.8 Å². The number of aryl methyl sites for hydroxylation is 1. The first-order chi connectivity index (χ1) is 9.15. The van der Waals surface area contributed by atoms with Crippen molar-refractivity contribution >= 4 is 11.6 Å². The summed E-state index contributed by atoms with van der Waals surface area (Å²) in [4.78, 5) is 11.6. The smallest absolute Gasteiger partial charge is 0.134 e. The van der Waals surface area contributed by atoms with Crippen molar-refractivity contribution in [3.63, 3.8) is 0 Å². The maximum Gasteiger partial charge on any atom is 0.134 e. The number of nitrogens with zero attached hydrogens (tertiary/aromatic N) is 3. The molecule has 0 bridgehead atoms. The Morgan fingerprint density at radius 2 is 2.00 bits per heavy atom. The number of hydrogen-bond donors (Lipinski definition) is 1. The molecule has 1 heterocycles. The Balaban J connectivity index is 3.05. The van der Waals surface area contributed by atoms with E-state index >= 15 is 0 Å². The lowest BCUT2D eigenvalue weighted by Gasteiger charge is -2.30. The second-order valence-corrected chi connectivity index (χ2v) is 4.94. The molecule has 0 saturated carbocycles. The van der Waals surface area contributed by atoms with Gasteiger partial charge in [0.25, 0.3) is 0 Å². The highest BCUT2D eigenvalue weighted by atomic mass is 15.2. The van der Waals surface area contributed by atoms with E-state index < -0.39 is 0 Å². The van der Waals surface area contributed by atoms with Crippen LogP contribution in [0.2, 0.25) is 0 Å². The van der Waals surface area contributed by atoms with Crippen LogP contribution in [0.15, 0.2) is 6.07 Å². The zero-order valence-electron chi connectivity index (χ0n) is 13.0. The van der Waals surface area contributed by atoms with Gasteiger partial charge in [0.15, 0.2) is 0 Å². The number of anilines is 2. The van der Waals surface area contributed by atoms with Crippen LogP contribution in [0.4, 0.5) is 11.6 Å². The Morgan fingerprint density at radius 3 is 2.53 bits per heavy atom. The van der Waals surface area contributed by atoms with E-state index in [1.807, 2.05) is 7.05 Å². The number of hydrogen-bond acceptors (Lipinski definition) is 4. The summed E-state index contributed by atoms with van der Waals surface area (Å²) >= 11 is 0. The third kappa shape index (κ3) is 4.37. The van der Waals surface area contributed by atoms with E-state index in [4.69, 9.17) is 4.98 Å². The predicted molar refractivity (Wildman–Crippen MR) is 83.0 cm³/mol. The van der Waals surface area contributed by atoms with Gasteiger partial charge in [0, 0.05) is 32.1 Å². The van der Waals surface area contributed by atoms with Crippen LogP contribution in [0, 0.1) is 0 Å². The Bertz CT molecular complexity index is 356. The molecule has 4 heteroatoms. The summed E-state index contributed by atoms with van der Waals surface area (Å²) < 4.78 is 0. The first-order valence-corrected chi connectivity index (χ1v) is 7.48. The predicted octanol–water partition coefficient (Wildman–Crippen LogP) is 3.49. The Labute approximate surface area is 117 Å². The van der Waals surface area contributed by atoms with E-state index in [-0.39, 0.29) is 0 Å². The molecule has 1 N–H and O–H groups in total. The third-order valence-corrected chi connectivity index (χ3v) is 3.50. The van der Waals surface area contributed by atoms with Gasteiger partial charge in [-0.1, -0.05) is 27.2 Å². The number of unbranched alkanes of at least 4 members (excludes halogenated alkanes) is 1. The van der Waals surface area contributed by atoms with Gasteiger partial charge in [0.05, 0.1) is 0 Å². The fourth-order valence-corrected chi connectivity index (χ4v) is 2.03. The van der Waals surface area contributed by atoms with Crippen LogP contribution < -0.4 is 10.2 Å². The van der Waals surface area contributed by atoms with E-state index in [2.05, 4.69) is 49.0 Å². The van der Waals surface area contributed by atoms with Gasteiger partial charge in [-0.25, -0.2) is 9.97 Å². The molecule has 0 radical (unpaired) electrons. The number of aromatic nitrogens is 2. The van der Waals surface area contributed by atoms with Gasteiger partial charge in [-0.3, -0.25) is 0 Å². The molecule has 4 nitrogen and oxygen atoms in total. The van der Waals surface area contributed by atoms with Crippen molar-refractivity contribution in [2.24, 2.45) is 0 Å². The molecule has 19 heavy (non-hydrogen) atoms. The summed E-state index contributed by atoms with van der Waals surface area (Å²) in [5.41, 5.74) is 0. The highest BCUT2D eigenvalue weighted by molar-refractivity contribution is 5.49. The summed E-state index contributed by atoms with van der Waals surface area (Å²) in [7, 11) is 1.91. The fourth-order valence-electron chi connectivity index (χ4n) is 2.03.